The fourth-order valence-electron chi connectivity index (χ4n) is 4.32. The number of aryl methyl sites for hydroxylation is 1. The molecule has 0 aromatic heterocycles. The molecule has 1 saturated carbocycles. The molecule has 1 heterocycles. The van der Waals surface area contributed by atoms with E-state index >= 15 is 0 Å². The average Bonchev–Trinajstić information content (AvgIpc) is 3.45. The Kier molecular flexibility index (Phi) is 5.91. The molecule has 11 heteroatoms. The Morgan fingerprint density at radius 1 is 1.12 bits per heavy atom. The standard InChI is InChI=1S/C23H22F5N3O3/c1-11-5-12(7-13(6-11)23(26,27)28)22(3-4-22)31-21(33)30-19-15(10-29-20(19)32)18-16(24)8-14(34-2)9-17(18)25/h5-9,15,19H,3-4,10H2,1-2H3,(H,29,32)(H2,30,31,33)/t15-,19-/m0/s1. The zero-order valence-electron chi connectivity index (χ0n) is 18.3. The second-order valence-electron chi connectivity index (χ2n) is 8.60. The quantitative estimate of drug-likeness (QED) is 0.565. The third-order valence-electron chi connectivity index (χ3n) is 6.19. The van der Waals surface area contributed by atoms with Crippen LogP contribution in [0.4, 0.5) is 26.7 Å². The number of nitrogens with one attached hydrogen (secondary N) is 3. The molecular weight excluding hydrogens is 461 g/mol. The van der Waals surface area contributed by atoms with Crippen molar-refractivity contribution in [1.82, 2.24) is 16.0 Å². The minimum absolute atomic E-state index is 0.0367. The van der Waals surface area contributed by atoms with E-state index in [1.165, 1.54) is 14.0 Å². The smallest absolute Gasteiger partial charge is 0.416 e. The second kappa shape index (κ2) is 8.44. The van der Waals surface area contributed by atoms with Gasteiger partial charge in [0.1, 0.15) is 23.4 Å². The summed E-state index contributed by atoms with van der Waals surface area (Å²) in [6.07, 6.45) is -3.73. The lowest BCUT2D eigenvalue weighted by Crippen LogP contribution is -2.50. The molecule has 0 unspecified atom stereocenters. The van der Waals surface area contributed by atoms with Crippen molar-refractivity contribution in [2.75, 3.05) is 13.7 Å². The molecule has 2 atom stereocenters. The van der Waals surface area contributed by atoms with E-state index in [4.69, 9.17) is 4.74 Å². The normalized spacial score (nSPS) is 21.1. The number of hydrogen-bond donors (Lipinski definition) is 3. The minimum atomic E-state index is -4.54. The number of urea groups is 1. The maximum atomic E-state index is 14.6. The Labute approximate surface area is 191 Å². The molecule has 2 aliphatic rings. The summed E-state index contributed by atoms with van der Waals surface area (Å²) < 4.78 is 73.7. The molecule has 0 spiro atoms. The first-order valence-corrected chi connectivity index (χ1v) is 10.5. The summed E-state index contributed by atoms with van der Waals surface area (Å²) >= 11 is 0. The summed E-state index contributed by atoms with van der Waals surface area (Å²) in [5, 5.41) is 7.57. The van der Waals surface area contributed by atoms with E-state index < -0.39 is 52.8 Å². The summed E-state index contributed by atoms with van der Waals surface area (Å²) in [5.41, 5.74) is -1.53. The first kappa shape index (κ1) is 23.8. The maximum Gasteiger partial charge on any atom is 0.416 e. The molecule has 1 aliphatic heterocycles. The largest absolute Gasteiger partial charge is 0.497 e. The summed E-state index contributed by atoms with van der Waals surface area (Å²) in [7, 11) is 1.25. The molecule has 6 nitrogen and oxygen atoms in total. The summed E-state index contributed by atoms with van der Waals surface area (Å²) in [6, 6.07) is 3.43. The van der Waals surface area contributed by atoms with Crippen molar-refractivity contribution in [2.45, 2.75) is 43.4 Å². The fourth-order valence-corrected chi connectivity index (χ4v) is 4.32. The monoisotopic (exact) mass is 483 g/mol. The lowest BCUT2D eigenvalue weighted by Gasteiger charge is -2.24. The van der Waals surface area contributed by atoms with E-state index in [1.807, 2.05) is 0 Å². The summed E-state index contributed by atoms with van der Waals surface area (Å²) in [4.78, 5) is 25.1. The van der Waals surface area contributed by atoms with Crippen LogP contribution in [0.5, 0.6) is 5.75 Å². The van der Waals surface area contributed by atoms with Crippen LogP contribution >= 0.6 is 0 Å². The lowest BCUT2D eigenvalue weighted by molar-refractivity contribution is -0.137. The Morgan fingerprint density at radius 2 is 1.76 bits per heavy atom. The van der Waals surface area contributed by atoms with Crippen LogP contribution in [-0.2, 0) is 16.5 Å². The van der Waals surface area contributed by atoms with Crippen molar-refractivity contribution in [3.8, 4) is 5.75 Å². The highest BCUT2D eigenvalue weighted by Gasteiger charge is 2.48. The number of hydrogen-bond acceptors (Lipinski definition) is 3. The van der Waals surface area contributed by atoms with Crippen molar-refractivity contribution in [3.63, 3.8) is 0 Å². The van der Waals surface area contributed by atoms with E-state index in [-0.39, 0.29) is 17.9 Å². The Bertz CT molecular complexity index is 1120. The van der Waals surface area contributed by atoms with Gasteiger partial charge in [0.05, 0.1) is 18.2 Å². The molecule has 1 saturated heterocycles. The van der Waals surface area contributed by atoms with Crippen LogP contribution in [-0.4, -0.2) is 31.6 Å². The van der Waals surface area contributed by atoms with Gasteiger partial charge in [0.25, 0.3) is 0 Å². The number of alkyl halides is 3. The van der Waals surface area contributed by atoms with Crippen molar-refractivity contribution in [2.24, 2.45) is 0 Å². The molecule has 2 aromatic carbocycles. The Hall–Kier alpha value is -3.37. The molecule has 1 aliphatic carbocycles. The van der Waals surface area contributed by atoms with Crippen molar-refractivity contribution < 1.29 is 36.3 Å². The molecule has 4 rings (SSSR count). The molecule has 182 valence electrons. The maximum absolute atomic E-state index is 14.6. The van der Waals surface area contributed by atoms with Gasteiger partial charge in [-0.25, -0.2) is 13.6 Å². The molecule has 0 bridgehead atoms. The van der Waals surface area contributed by atoms with Crippen LogP contribution in [0.25, 0.3) is 0 Å². The van der Waals surface area contributed by atoms with Crippen molar-refractivity contribution in [3.05, 3.63) is 64.2 Å². The Balaban J connectivity index is 1.54. The number of benzene rings is 2. The molecule has 34 heavy (non-hydrogen) atoms. The molecule has 0 radical (unpaired) electrons. The lowest BCUT2D eigenvalue weighted by atomic mass is 9.92. The number of ether oxygens (including phenoxy) is 1. The van der Waals surface area contributed by atoms with Gasteiger partial charge < -0.3 is 20.7 Å². The predicted molar refractivity (Wildman–Crippen MR) is 111 cm³/mol. The van der Waals surface area contributed by atoms with Gasteiger partial charge in [-0.1, -0.05) is 11.6 Å². The van der Waals surface area contributed by atoms with Crippen molar-refractivity contribution in [1.29, 1.82) is 0 Å². The number of carbonyl (C=O) groups is 2. The van der Waals surface area contributed by atoms with E-state index in [1.54, 1.807) is 6.07 Å². The third kappa shape index (κ3) is 4.51. The first-order chi connectivity index (χ1) is 15.9. The van der Waals surface area contributed by atoms with Crippen molar-refractivity contribution >= 4 is 11.9 Å². The number of carbonyl (C=O) groups excluding carboxylic acids is 2. The van der Waals surface area contributed by atoms with Crippen LogP contribution in [0, 0.1) is 18.6 Å². The molecule has 3 N–H and O–H groups in total. The Morgan fingerprint density at radius 3 is 2.32 bits per heavy atom. The van der Waals surface area contributed by atoms with Crippen LogP contribution in [0.15, 0.2) is 30.3 Å². The topological polar surface area (TPSA) is 79.5 Å². The zero-order chi connectivity index (χ0) is 24.8. The van der Waals surface area contributed by atoms with Gasteiger partial charge in [-0.05, 0) is 37.5 Å². The number of halogens is 5. The van der Waals surface area contributed by atoms with Gasteiger partial charge in [-0.3, -0.25) is 4.79 Å². The van der Waals surface area contributed by atoms with Gasteiger partial charge in [0, 0.05) is 30.2 Å². The van der Waals surface area contributed by atoms with Crippen LogP contribution < -0.4 is 20.7 Å². The molecular formula is C23H22F5N3O3. The SMILES string of the molecule is COc1cc(F)c([C@@H]2CNC(=O)[C@H]2NC(=O)NC2(c3cc(C)cc(C(F)(F)F)c3)CC2)c(F)c1. The summed E-state index contributed by atoms with van der Waals surface area (Å²) in [6.45, 7) is 1.42. The fraction of sp³-hybridized carbons (Fsp3) is 0.391. The highest BCUT2D eigenvalue weighted by molar-refractivity contribution is 5.90. The van der Waals surface area contributed by atoms with Gasteiger partial charge in [0.15, 0.2) is 0 Å². The van der Waals surface area contributed by atoms with Gasteiger partial charge >= 0.3 is 12.2 Å². The zero-order valence-corrected chi connectivity index (χ0v) is 18.3. The minimum Gasteiger partial charge on any atom is -0.497 e. The van der Waals surface area contributed by atoms with E-state index in [2.05, 4.69) is 16.0 Å². The van der Waals surface area contributed by atoms with E-state index in [0.29, 0.717) is 24.0 Å². The van der Waals surface area contributed by atoms with Gasteiger partial charge in [0.2, 0.25) is 5.91 Å². The number of amides is 3. The molecule has 2 fully saturated rings. The van der Waals surface area contributed by atoms with Crippen LogP contribution in [0.2, 0.25) is 0 Å². The van der Waals surface area contributed by atoms with Crippen LogP contribution in [0.1, 0.15) is 41.0 Å². The first-order valence-electron chi connectivity index (χ1n) is 10.5. The molecule has 3 amide bonds. The van der Waals surface area contributed by atoms with Crippen LogP contribution in [0.3, 0.4) is 0 Å². The second-order valence-corrected chi connectivity index (χ2v) is 8.60. The number of methoxy groups -OCH3 is 1. The third-order valence-corrected chi connectivity index (χ3v) is 6.19. The summed E-state index contributed by atoms with van der Waals surface area (Å²) in [5.74, 6) is -3.55. The highest BCUT2D eigenvalue weighted by atomic mass is 19.4. The predicted octanol–water partition coefficient (Wildman–Crippen LogP) is 3.87. The molecule has 2 aromatic rings. The highest BCUT2D eigenvalue weighted by Crippen LogP contribution is 2.47. The number of rotatable bonds is 5. The van der Waals surface area contributed by atoms with E-state index in [9.17, 15) is 31.5 Å². The van der Waals surface area contributed by atoms with E-state index in [0.717, 1.165) is 24.3 Å². The van der Waals surface area contributed by atoms with Gasteiger partial charge in [-0.2, -0.15) is 13.2 Å². The average molecular weight is 483 g/mol. The van der Waals surface area contributed by atoms with Gasteiger partial charge in [-0.15, -0.1) is 0 Å².